The normalized spacial score (nSPS) is 9.96. The van der Waals surface area contributed by atoms with Crippen molar-refractivity contribution >= 4 is 34.9 Å². The highest BCUT2D eigenvalue weighted by atomic mass is 35.5. The molecule has 24 heavy (non-hydrogen) atoms. The molecule has 0 aliphatic heterocycles. The van der Waals surface area contributed by atoms with Crippen molar-refractivity contribution in [2.24, 2.45) is 5.73 Å². The second kappa shape index (κ2) is 7.56. The summed E-state index contributed by atoms with van der Waals surface area (Å²) in [6, 6.07) is 8.76. The minimum absolute atomic E-state index is 0.333. The van der Waals surface area contributed by atoms with Crippen molar-refractivity contribution in [2.75, 3.05) is 24.9 Å². The second-order valence-electron chi connectivity index (χ2n) is 4.71. The molecule has 0 saturated carbocycles. The van der Waals surface area contributed by atoms with Gasteiger partial charge in [-0.05, 0) is 30.3 Å². The van der Waals surface area contributed by atoms with Crippen LogP contribution in [-0.2, 0) is 0 Å². The number of ether oxygens (including phenoxy) is 2. The quantitative estimate of drug-likeness (QED) is 0.771. The number of anilines is 2. The maximum Gasteiger partial charge on any atom is 0.323 e. The first kappa shape index (κ1) is 17.4. The fraction of sp³-hybridized carbons (Fsp3) is 0.125. The molecule has 2 aromatic carbocycles. The summed E-state index contributed by atoms with van der Waals surface area (Å²) in [6.07, 6.45) is 0. The molecule has 0 radical (unpaired) electrons. The summed E-state index contributed by atoms with van der Waals surface area (Å²) in [6.45, 7) is 0. The third-order valence-electron chi connectivity index (χ3n) is 3.15. The van der Waals surface area contributed by atoms with Crippen molar-refractivity contribution in [3.63, 3.8) is 0 Å². The van der Waals surface area contributed by atoms with Gasteiger partial charge in [-0.1, -0.05) is 11.6 Å². The molecule has 2 aromatic rings. The number of urea groups is 1. The van der Waals surface area contributed by atoms with Crippen LogP contribution in [0.25, 0.3) is 0 Å². The van der Waals surface area contributed by atoms with Crippen LogP contribution in [-0.4, -0.2) is 26.2 Å². The first-order valence-electron chi connectivity index (χ1n) is 6.84. The fourth-order valence-electron chi connectivity index (χ4n) is 1.96. The van der Waals surface area contributed by atoms with E-state index < -0.39 is 11.9 Å². The summed E-state index contributed by atoms with van der Waals surface area (Å²) in [5.41, 5.74) is 6.39. The van der Waals surface area contributed by atoms with Crippen LogP contribution < -0.4 is 25.8 Å². The predicted octanol–water partition coefficient (Wildman–Crippen LogP) is 3.10. The van der Waals surface area contributed by atoms with Crippen molar-refractivity contribution in [3.05, 3.63) is 47.0 Å². The Bertz CT molecular complexity index is 763. The first-order valence-corrected chi connectivity index (χ1v) is 7.21. The SMILES string of the molecule is COc1cc(OC)c(NC(=O)Nc2ccc(C(N)=O)cc2)cc1Cl. The number of carbonyl (C=O) groups is 2. The van der Waals surface area contributed by atoms with Gasteiger partial charge in [-0.3, -0.25) is 4.79 Å². The minimum Gasteiger partial charge on any atom is -0.495 e. The van der Waals surface area contributed by atoms with Crippen molar-refractivity contribution in [2.45, 2.75) is 0 Å². The van der Waals surface area contributed by atoms with Crippen molar-refractivity contribution in [1.29, 1.82) is 0 Å². The third-order valence-corrected chi connectivity index (χ3v) is 3.44. The Labute approximate surface area is 143 Å². The van der Waals surface area contributed by atoms with Crippen LogP contribution in [0.4, 0.5) is 16.2 Å². The van der Waals surface area contributed by atoms with Gasteiger partial charge in [0.1, 0.15) is 11.5 Å². The van der Waals surface area contributed by atoms with Gasteiger partial charge in [0.05, 0.1) is 24.9 Å². The molecule has 8 heteroatoms. The summed E-state index contributed by atoms with van der Waals surface area (Å²) < 4.78 is 10.3. The van der Waals surface area contributed by atoms with Crippen molar-refractivity contribution < 1.29 is 19.1 Å². The van der Waals surface area contributed by atoms with Crippen LogP contribution in [0.15, 0.2) is 36.4 Å². The number of amides is 3. The fourth-order valence-corrected chi connectivity index (χ4v) is 2.20. The van der Waals surface area contributed by atoms with Crippen LogP contribution in [0.5, 0.6) is 11.5 Å². The highest BCUT2D eigenvalue weighted by Gasteiger charge is 2.12. The molecule has 126 valence electrons. The molecule has 0 saturated heterocycles. The van der Waals surface area contributed by atoms with Gasteiger partial charge < -0.3 is 25.8 Å². The summed E-state index contributed by atoms with van der Waals surface area (Å²) in [5.74, 6) is 0.292. The molecule has 0 atom stereocenters. The summed E-state index contributed by atoms with van der Waals surface area (Å²) >= 11 is 6.05. The highest BCUT2D eigenvalue weighted by Crippen LogP contribution is 2.35. The summed E-state index contributed by atoms with van der Waals surface area (Å²) in [4.78, 5) is 23.1. The largest absolute Gasteiger partial charge is 0.495 e. The predicted molar refractivity (Wildman–Crippen MR) is 92.2 cm³/mol. The van der Waals surface area contributed by atoms with Gasteiger partial charge in [0.15, 0.2) is 0 Å². The minimum atomic E-state index is -0.538. The average molecular weight is 350 g/mol. The van der Waals surface area contributed by atoms with E-state index in [9.17, 15) is 9.59 Å². The molecule has 3 amide bonds. The number of hydrogen-bond acceptors (Lipinski definition) is 4. The molecule has 0 aliphatic carbocycles. The zero-order valence-electron chi connectivity index (χ0n) is 13.1. The molecule has 0 aromatic heterocycles. The van der Waals surface area contributed by atoms with Crippen LogP contribution in [0.3, 0.4) is 0 Å². The van der Waals surface area contributed by atoms with Gasteiger partial charge in [-0.15, -0.1) is 0 Å². The van der Waals surface area contributed by atoms with Gasteiger partial charge in [-0.25, -0.2) is 4.79 Å². The smallest absolute Gasteiger partial charge is 0.323 e. The topological polar surface area (TPSA) is 103 Å². The van der Waals surface area contributed by atoms with E-state index in [2.05, 4.69) is 10.6 Å². The monoisotopic (exact) mass is 349 g/mol. The van der Waals surface area contributed by atoms with E-state index in [-0.39, 0.29) is 0 Å². The molecule has 0 unspecified atom stereocenters. The first-order chi connectivity index (χ1) is 11.4. The number of nitrogens with one attached hydrogen (secondary N) is 2. The van der Waals surface area contributed by atoms with Gasteiger partial charge in [-0.2, -0.15) is 0 Å². The van der Waals surface area contributed by atoms with Crippen LogP contribution in [0, 0.1) is 0 Å². The average Bonchev–Trinajstić information content (AvgIpc) is 2.55. The molecular weight excluding hydrogens is 334 g/mol. The Kier molecular flexibility index (Phi) is 5.49. The Hall–Kier alpha value is -2.93. The van der Waals surface area contributed by atoms with E-state index in [0.29, 0.717) is 33.5 Å². The van der Waals surface area contributed by atoms with Gasteiger partial charge in [0, 0.05) is 17.3 Å². The Balaban J connectivity index is 2.12. The van der Waals surface area contributed by atoms with Crippen molar-refractivity contribution in [1.82, 2.24) is 0 Å². The van der Waals surface area contributed by atoms with E-state index in [0.717, 1.165) is 0 Å². The Morgan fingerprint density at radius 2 is 1.62 bits per heavy atom. The summed E-state index contributed by atoms with van der Waals surface area (Å²) in [5, 5.41) is 5.59. The van der Waals surface area contributed by atoms with E-state index in [1.165, 1.54) is 32.4 Å². The van der Waals surface area contributed by atoms with Crippen molar-refractivity contribution in [3.8, 4) is 11.5 Å². The Morgan fingerprint density at radius 3 is 2.17 bits per heavy atom. The molecule has 0 heterocycles. The molecule has 4 N–H and O–H groups in total. The van der Waals surface area contributed by atoms with E-state index in [1.54, 1.807) is 18.2 Å². The molecule has 0 aliphatic rings. The molecule has 7 nitrogen and oxygen atoms in total. The standard InChI is InChI=1S/C16H16ClN3O4/c1-23-13-8-14(24-2)12(7-11(13)17)20-16(22)19-10-5-3-9(4-6-10)15(18)21/h3-8H,1-2H3,(H2,18,21)(H2,19,20,22). The maximum atomic E-state index is 12.1. The van der Waals surface area contributed by atoms with Crippen LogP contribution in [0.2, 0.25) is 5.02 Å². The van der Waals surface area contributed by atoms with Gasteiger partial charge in [0.2, 0.25) is 5.91 Å². The van der Waals surface area contributed by atoms with E-state index in [1.807, 2.05) is 0 Å². The number of halogens is 1. The Morgan fingerprint density at radius 1 is 1.00 bits per heavy atom. The number of nitrogens with two attached hydrogens (primary N) is 1. The molecule has 0 bridgehead atoms. The number of benzene rings is 2. The number of primary amides is 1. The lowest BCUT2D eigenvalue weighted by molar-refractivity contribution is 0.100. The number of rotatable bonds is 5. The molecular formula is C16H16ClN3O4. The lowest BCUT2D eigenvalue weighted by Gasteiger charge is -2.13. The van der Waals surface area contributed by atoms with E-state index in [4.69, 9.17) is 26.8 Å². The number of carbonyl (C=O) groups excluding carboxylic acids is 2. The number of methoxy groups -OCH3 is 2. The zero-order valence-corrected chi connectivity index (χ0v) is 13.8. The van der Waals surface area contributed by atoms with Gasteiger partial charge in [0.25, 0.3) is 0 Å². The molecule has 2 rings (SSSR count). The second-order valence-corrected chi connectivity index (χ2v) is 5.11. The third kappa shape index (κ3) is 4.08. The van der Waals surface area contributed by atoms with Crippen LogP contribution >= 0.6 is 11.6 Å². The lowest BCUT2D eigenvalue weighted by Crippen LogP contribution is -2.20. The van der Waals surface area contributed by atoms with Crippen LogP contribution in [0.1, 0.15) is 10.4 Å². The zero-order chi connectivity index (χ0) is 17.7. The van der Waals surface area contributed by atoms with Gasteiger partial charge >= 0.3 is 6.03 Å². The molecule has 0 spiro atoms. The highest BCUT2D eigenvalue weighted by molar-refractivity contribution is 6.32. The maximum absolute atomic E-state index is 12.1. The lowest BCUT2D eigenvalue weighted by atomic mass is 10.2. The van der Waals surface area contributed by atoms with E-state index >= 15 is 0 Å². The summed E-state index contributed by atoms with van der Waals surface area (Å²) in [7, 11) is 2.95. The molecule has 0 fully saturated rings. The number of hydrogen-bond donors (Lipinski definition) is 3.